The van der Waals surface area contributed by atoms with Gasteiger partial charge in [0, 0.05) is 12.3 Å². The first-order valence-corrected chi connectivity index (χ1v) is 4.74. The van der Waals surface area contributed by atoms with Gasteiger partial charge in [0.15, 0.2) is 11.5 Å². The Hall–Kier alpha value is -2.70. The zero-order chi connectivity index (χ0) is 11.8. The minimum Gasteiger partial charge on any atom is -0.478 e. The zero-order valence-electron chi connectivity index (χ0n) is 8.41. The first-order chi connectivity index (χ1) is 8.24. The number of H-pyrrole nitrogens is 1. The van der Waals surface area contributed by atoms with Crippen molar-refractivity contribution in [3.05, 3.63) is 30.2 Å². The van der Waals surface area contributed by atoms with Gasteiger partial charge < -0.3 is 14.6 Å². The number of hydrogen-bond acceptors (Lipinski definition) is 5. The van der Waals surface area contributed by atoms with Crippen molar-refractivity contribution in [3.63, 3.8) is 0 Å². The number of fused-ring (bicyclic) bond motifs is 1. The lowest BCUT2D eigenvalue weighted by molar-refractivity contribution is 0.0696. The van der Waals surface area contributed by atoms with Crippen LogP contribution in [0.1, 0.15) is 10.4 Å². The maximum absolute atomic E-state index is 10.8. The smallest absolute Gasteiger partial charge is 0.337 e. The molecule has 84 valence electrons. The Morgan fingerprint density at radius 1 is 1.47 bits per heavy atom. The van der Waals surface area contributed by atoms with E-state index in [4.69, 9.17) is 9.63 Å². The second-order valence-corrected chi connectivity index (χ2v) is 3.37. The molecule has 0 radical (unpaired) electrons. The van der Waals surface area contributed by atoms with Crippen LogP contribution in [0.5, 0.6) is 0 Å². The van der Waals surface area contributed by atoms with Gasteiger partial charge in [-0.15, -0.1) is 0 Å². The molecular formula is C10H6N4O3. The number of pyridine rings is 1. The van der Waals surface area contributed by atoms with Crippen molar-refractivity contribution in [1.82, 2.24) is 20.1 Å². The normalized spacial score (nSPS) is 10.8. The van der Waals surface area contributed by atoms with Crippen LogP contribution < -0.4 is 0 Å². The van der Waals surface area contributed by atoms with Crippen molar-refractivity contribution >= 4 is 17.1 Å². The van der Waals surface area contributed by atoms with Gasteiger partial charge in [0.05, 0.1) is 11.1 Å². The standard InChI is InChI=1S/C10H6N4O3/c15-10(16)5-3-7-8(11-4-5)13-9(12-7)6-1-2-17-14-6/h1-4H,(H,15,16)(H,11,12,13). The number of nitrogens with one attached hydrogen (secondary N) is 1. The number of aromatic carboxylic acids is 1. The number of carboxylic acid groups (broad SMARTS) is 1. The number of aromatic amines is 1. The quantitative estimate of drug-likeness (QED) is 0.687. The van der Waals surface area contributed by atoms with Crippen LogP contribution in [0, 0.1) is 0 Å². The van der Waals surface area contributed by atoms with E-state index in [1.807, 2.05) is 0 Å². The van der Waals surface area contributed by atoms with E-state index in [1.165, 1.54) is 18.5 Å². The molecule has 7 heteroatoms. The van der Waals surface area contributed by atoms with Crippen LogP contribution in [-0.4, -0.2) is 31.2 Å². The second kappa shape index (κ2) is 3.41. The molecule has 0 saturated carbocycles. The molecule has 3 aromatic rings. The molecule has 0 aromatic carbocycles. The first kappa shape index (κ1) is 9.52. The van der Waals surface area contributed by atoms with Gasteiger partial charge in [-0.2, -0.15) is 0 Å². The summed E-state index contributed by atoms with van der Waals surface area (Å²) in [6, 6.07) is 3.12. The summed E-state index contributed by atoms with van der Waals surface area (Å²) in [5.74, 6) is -0.541. The van der Waals surface area contributed by atoms with E-state index < -0.39 is 5.97 Å². The Balaban J connectivity index is 2.16. The molecule has 0 bridgehead atoms. The monoisotopic (exact) mass is 230 g/mol. The van der Waals surface area contributed by atoms with Gasteiger partial charge in [0.1, 0.15) is 12.0 Å². The summed E-state index contributed by atoms with van der Waals surface area (Å²) in [5, 5.41) is 12.6. The average molecular weight is 230 g/mol. The van der Waals surface area contributed by atoms with E-state index in [9.17, 15) is 4.79 Å². The number of carbonyl (C=O) groups is 1. The van der Waals surface area contributed by atoms with Crippen LogP contribution in [0.15, 0.2) is 29.1 Å². The second-order valence-electron chi connectivity index (χ2n) is 3.37. The predicted molar refractivity (Wildman–Crippen MR) is 56.3 cm³/mol. The molecule has 3 aromatic heterocycles. The predicted octanol–water partition coefficient (Wildman–Crippen LogP) is 1.31. The van der Waals surface area contributed by atoms with Crippen LogP contribution >= 0.6 is 0 Å². The summed E-state index contributed by atoms with van der Waals surface area (Å²) in [4.78, 5) is 21.8. The summed E-state index contributed by atoms with van der Waals surface area (Å²) in [6.45, 7) is 0. The Labute approximate surface area is 94.1 Å². The highest BCUT2D eigenvalue weighted by Crippen LogP contribution is 2.18. The molecule has 0 aliphatic heterocycles. The van der Waals surface area contributed by atoms with E-state index >= 15 is 0 Å². The van der Waals surface area contributed by atoms with Crippen LogP contribution in [0.25, 0.3) is 22.7 Å². The van der Waals surface area contributed by atoms with Crippen molar-refractivity contribution in [2.45, 2.75) is 0 Å². The van der Waals surface area contributed by atoms with Gasteiger partial charge in [0.25, 0.3) is 0 Å². The molecule has 0 fully saturated rings. The molecule has 0 saturated heterocycles. The third kappa shape index (κ3) is 1.53. The fraction of sp³-hybridized carbons (Fsp3) is 0. The molecule has 0 unspecified atom stereocenters. The van der Waals surface area contributed by atoms with Gasteiger partial charge in [-0.3, -0.25) is 0 Å². The summed E-state index contributed by atoms with van der Waals surface area (Å²) in [5.41, 5.74) is 1.63. The fourth-order valence-corrected chi connectivity index (χ4v) is 1.47. The molecule has 3 heterocycles. The van der Waals surface area contributed by atoms with E-state index in [0.717, 1.165) is 0 Å². The maximum Gasteiger partial charge on any atom is 0.337 e. The third-order valence-electron chi connectivity index (χ3n) is 2.26. The minimum atomic E-state index is -1.03. The molecule has 0 spiro atoms. The van der Waals surface area contributed by atoms with Crippen molar-refractivity contribution in [2.75, 3.05) is 0 Å². The number of rotatable bonds is 2. The van der Waals surface area contributed by atoms with Crippen LogP contribution in [0.4, 0.5) is 0 Å². The van der Waals surface area contributed by atoms with Crippen LogP contribution in [0.2, 0.25) is 0 Å². The topological polar surface area (TPSA) is 105 Å². The highest BCUT2D eigenvalue weighted by molar-refractivity contribution is 5.91. The number of hydrogen-bond donors (Lipinski definition) is 2. The Kier molecular flexibility index (Phi) is 1.91. The van der Waals surface area contributed by atoms with Gasteiger partial charge in [-0.25, -0.2) is 14.8 Å². The van der Waals surface area contributed by atoms with E-state index in [-0.39, 0.29) is 5.56 Å². The molecule has 17 heavy (non-hydrogen) atoms. The molecule has 7 nitrogen and oxygen atoms in total. The molecule has 0 aliphatic carbocycles. The Bertz CT molecular complexity index is 687. The van der Waals surface area contributed by atoms with Crippen molar-refractivity contribution < 1.29 is 14.4 Å². The van der Waals surface area contributed by atoms with E-state index in [0.29, 0.717) is 22.7 Å². The minimum absolute atomic E-state index is 0.104. The molecule has 0 aliphatic rings. The van der Waals surface area contributed by atoms with Crippen molar-refractivity contribution in [3.8, 4) is 11.5 Å². The zero-order valence-corrected chi connectivity index (χ0v) is 8.41. The molecule has 2 N–H and O–H groups in total. The summed E-state index contributed by atoms with van der Waals surface area (Å²) >= 11 is 0. The van der Waals surface area contributed by atoms with Gasteiger partial charge >= 0.3 is 5.97 Å². The van der Waals surface area contributed by atoms with E-state index in [1.54, 1.807) is 6.07 Å². The number of imidazole rings is 1. The summed E-state index contributed by atoms with van der Waals surface area (Å²) in [7, 11) is 0. The summed E-state index contributed by atoms with van der Waals surface area (Å²) < 4.78 is 4.70. The van der Waals surface area contributed by atoms with Crippen LogP contribution in [-0.2, 0) is 0 Å². The molecule has 0 amide bonds. The first-order valence-electron chi connectivity index (χ1n) is 4.74. The average Bonchev–Trinajstić information content (AvgIpc) is 2.96. The molecule has 0 atom stereocenters. The Morgan fingerprint density at radius 2 is 2.35 bits per heavy atom. The lowest BCUT2D eigenvalue weighted by atomic mass is 10.3. The third-order valence-corrected chi connectivity index (χ3v) is 2.26. The Morgan fingerprint density at radius 3 is 3.06 bits per heavy atom. The maximum atomic E-state index is 10.8. The molecule has 3 rings (SSSR count). The lowest BCUT2D eigenvalue weighted by Gasteiger charge is -1.91. The number of aromatic nitrogens is 4. The molecular weight excluding hydrogens is 224 g/mol. The highest BCUT2D eigenvalue weighted by Gasteiger charge is 2.11. The van der Waals surface area contributed by atoms with Gasteiger partial charge in [-0.1, -0.05) is 5.16 Å². The van der Waals surface area contributed by atoms with Gasteiger partial charge in [0.2, 0.25) is 0 Å². The largest absolute Gasteiger partial charge is 0.478 e. The number of carboxylic acids is 1. The van der Waals surface area contributed by atoms with Crippen molar-refractivity contribution in [1.29, 1.82) is 0 Å². The van der Waals surface area contributed by atoms with E-state index in [2.05, 4.69) is 20.1 Å². The van der Waals surface area contributed by atoms with Gasteiger partial charge in [-0.05, 0) is 6.07 Å². The summed E-state index contributed by atoms with van der Waals surface area (Å²) in [6.07, 6.45) is 2.69. The SMILES string of the molecule is O=C(O)c1cnc2nc(-c3ccon3)[nH]c2c1. The lowest BCUT2D eigenvalue weighted by Crippen LogP contribution is -1.96. The highest BCUT2D eigenvalue weighted by atomic mass is 16.5. The van der Waals surface area contributed by atoms with Crippen LogP contribution in [0.3, 0.4) is 0 Å². The van der Waals surface area contributed by atoms with Crippen molar-refractivity contribution in [2.24, 2.45) is 0 Å². The number of nitrogens with zero attached hydrogens (tertiary/aromatic N) is 3. The fourth-order valence-electron chi connectivity index (χ4n) is 1.47.